The second-order valence-electron chi connectivity index (χ2n) is 5.71. The van der Waals surface area contributed by atoms with Gasteiger partial charge in [-0.3, -0.25) is 9.69 Å². The van der Waals surface area contributed by atoms with Crippen molar-refractivity contribution in [3.8, 4) is 5.75 Å². The molecule has 1 aromatic rings. The number of hydrogen-bond acceptors (Lipinski definition) is 4. The Hall–Kier alpha value is -1.33. The van der Waals surface area contributed by atoms with Gasteiger partial charge in [-0.05, 0) is 26.8 Å². The van der Waals surface area contributed by atoms with Crippen LogP contribution in [0.5, 0.6) is 5.75 Å². The third-order valence-electron chi connectivity index (χ3n) is 4.11. The van der Waals surface area contributed by atoms with Crippen molar-refractivity contribution in [2.24, 2.45) is 0 Å². The van der Waals surface area contributed by atoms with E-state index in [4.69, 9.17) is 5.11 Å². The van der Waals surface area contributed by atoms with Crippen molar-refractivity contribution in [2.45, 2.75) is 45.2 Å². The highest BCUT2D eigenvalue weighted by Gasteiger charge is 2.23. The highest BCUT2D eigenvalue weighted by Crippen LogP contribution is 2.33. The summed E-state index contributed by atoms with van der Waals surface area (Å²) in [6, 6.07) is 1.89. The van der Waals surface area contributed by atoms with Crippen LogP contribution in [0.1, 0.15) is 43.1 Å². The van der Waals surface area contributed by atoms with Crippen LogP contribution in [-0.4, -0.2) is 39.9 Å². The summed E-state index contributed by atoms with van der Waals surface area (Å²) in [5.41, 5.74) is 1.27. The zero-order valence-corrected chi connectivity index (χ0v) is 12.3. The molecule has 112 valence electrons. The van der Waals surface area contributed by atoms with Crippen LogP contribution in [0, 0.1) is 6.92 Å². The molecular weight excluding hydrogens is 256 g/mol. The second-order valence-corrected chi connectivity index (χ2v) is 5.71. The van der Waals surface area contributed by atoms with E-state index < -0.39 is 0 Å². The summed E-state index contributed by atoms with van der Waals surface area (Å²) in [7, 11) is 1.88. The number of aliphatic hydroxyl groups is 1. The number of rotatable bonds is 5. The molecule has 1 aliphatic carbocycles. The average molecular weight is 280 g/mol. The Labute approximate surface area is 119 Å². The predicted molar refractivity (Wildman–Crippen MR) is 78.0 cm³/mol. The summed E-state index contributed by atoms with van der Waals surface area (Å²) in [5.74, 6) is -0.146. The molecule has 1 heterocycles. The molecule has 0 spiro atoms. The quantitative estimate of drug-likeness (QED) is 0.855. The van der Waals surface area contributed by atoms with Crippen LogP contribution in [0.15, 0.2) is 10.9 Å². The van der Waals surface area contributed by atoms with Gasteiger partial charge in [-0.25, -0.2) is 0 Å². The Morgan fingerprint density at radius 1 is 1.40 bits per heavy atom. The first-order valence-electron chi connectivity index (χ1n) is 7.28. The lowest BCUT2D eigenvalue weighted by molar-refractivity contribution is 0.211. The first kappa shape index (κ1) is 15.1. The van der Waals surface area contributed by atoms with Crippen molar-refractivity contribution >= 4 is 0 Å². The molecule has 5 nitrogen and oxygen atoms in total. The van der Waals surface area contributed by atoms with Crippen LogP contribution < -0.4 is 5.43 Å². The highest BCUT2D eigenvalue weighted by molar-refractivity contribution is 5.30. The van der Waals surface area contributed by atoms with Gasteiger partial charge < -0.3 is 14.8 Å². The Morgan fingerprint density at radius 3 is 2.65 bits per heavy atom. The lowest BCUT2D eigenvalue weighted by Gasteiger charge is -2.26. The fraction of sp³-hybridized carbons (Fsp3) is 0.667. The predicted octanol–water partition coefficient (Wildman–Crippen LogP) is 1.40. The molecule has 2 N–H and O–H groups in total. The summed E-state index contributed by atoms with van der Waals surface area (Å²) in [5, 5.41) is 19.2. The topological polar surface area (TPSA) is 65.7 Å². The summed E-state index contributed by atoms with van der Waals surface area (Å²) < 4.78 is 2.12. The second kappa shape index (κ2) is 6.41. The Morgan fingerprint density at radius 2 is 2.05 bits per heavy atom. The third kappa shape index (κ3) is 3.04. The van der Waals surface area contributed by atoms with Crippen LogP contribution >= 0.6 is 0 Å². The van der Waals surface area contributed by atoms with Crippen LogP contribution in [0.2, 0.25) is 0 Å². The lowest BCUT2D eigenvalue weighted by Crippen LogP contribution is -2.27. The van der Waals surface area contributed by atoms with Gasteiger partial charge in [-0.1, -0.05) is 12.8 Å². The average Bonchev–Trinajstić information content (AvgIpc) is 2.89. The Bertz CT molecular complexity index is 519. The number of aromatic hydroxyl groups is 1. The lowest BCUT2D eigenvalue weighted by atomic mass is 10.1. The molecule has 1 saturated carbocycles. The molecule has 0 saturated heterocycles. The monoisotopic (exact) mass is 280 g/mol. The van der Waals surface area contributed by atoms with Crippen molar-refractivity contribution < 1.29 is 10.2 Å². The molecule has 0 unspecified atom stereocenters. The maximum Gasteiger partial charge on any atom is 0.223 e. The van der Waals surface area contributed by atoms with E-state index in [1.807, 2.05) is 18.9 Å². The number of pyridine rings is 1. The molecule has 1 aliphatic rings. The van der Waals surface area contributed by atoms with Gasteiger partial charge in [0.15, 0.2) is 5.75 Å². The van der Waals surface area contributed by atoms with Crippen molar-refractivity contribution in [3.63, 3.8) is 0 Å². The van der Waals surface area contributed by atoms with Crippen molar-refractivity contribution in [3.05, 3.63) is 27.7 Å². The molecule has 0 amide bonds. The molecule has 5 heteroatoms. The largest absolute Gasteiger partial charge is 0.503 e. The van der Waals surface area contributed by atoms with Crippen molar-refractivity contribution in [2.75, 3.05) is 20.2 Å². The third-order valence-corrected chi connectivity index (χ3v) is 4.11. The summed E-state index contributed by atoms with van der Waals surface area (Å²) in [6.45, 7) is 2.98. The van der Waals surface area contributed by atoms with Gasteiger partial charge in [0.2, 0.25) is 5.43 Å². The number of aromatic nitrogens is 1. The van der Waals surface area contributed by atoms with Gasteiger partial charge in [0.25, 0.3) is 0 Å². The van der Waals surface area contributed by atoms with Crippen molar-refractivity contribution in [1.29, 1.82) is 0 Å². The van der Waals surface area contributed by atoms with E-state index in [0.717, 1.165) is 18.5 Å². The minimum atomic E-state index is -0.316. The van der Waals surface area contributed by atoms with Crippen molar-refractivity contribution in [1.82, 2.24) is 9.47 Å². The van der Waals surface area contributed by atoms with Gasteiger partial charge in [0.05, 0.1) is 12.3 Å². The number of aryl methyl sites for hydroxylation is 1. The van der Waals surface area contributed by atoms with Gasteiger partial charge in [-0.15, -0.1) is 0 Å². The van der Waals surface area contributed by atoms with Crippen LogP contribution in [-0.2, 0) is 6.54 Å². The highest BCUT2D eigenvalue weighted by atomic mass is 16.3. The Balaban J connectivity index is 2.42. The maximum atomic E-state index is 11.8. The molecule has 2 rings (SSSR count). The summed E-state index contributed by atoms with van der Waals surface area (Å²) in [4.78, 5) is 13.8. The summed E-state index contributed by atoms with van der Waals surface area (Å²) >= 11 is 0. The first-order valence-corrected chi connectivity index (χ1v) is 7.28. The molecule has 20 heavy (non-hydrogen) atoms. The van der Waals surface area contributed by atoms with E-state index in [1.54, 1.807) is 0 Å². The SMILES string of the molecule is Cc1cc(=O)c(O)c(CN(C)CCO)n1C1CCCC1. The normalized spacial score (nSPS) is 16.2. The van der Waals surface area contributed by atoms with E-state index in [2.05, 4.69) is 4.57 Å². The zero-order valence-electron chi connectivity index (χ0n) is 12.3. The minimum absolute atomic E-state index is 0.0662. The van der Waals surface area contributed by atoms with Gasteiger partial charge in [0, 0.05) is 30.9 Å². The maximum absolute atomic E-state index is 11.8. The molecule has 1 aromatic heterocycles. The summed E-state index contributed by atoms with van der Waals surface area (Å²) in [6.07, 6.45) is 4.59. The number of likely N-dealkylation sites (N-methyl/N-ethyl adjacent to an activating group) is 1. The van der Waals surface area contributed by atoms with Crippen LogP contribution in [0.4, 0.5) is 0 Å². The molecule has 0 atom stereocenters. The first-order chi connectivity index (χ1) is 9.54. The van der Waals surface area contributed by atoms with E-state index >= 15 is 0 Å². The number of nitrogens with zero attached hydrogens (tertiary/aromatic N) is 2. The van der Waals surface area contributed by atoms with Gasteiger partial charge >= 0.3 is 0 Å². The molecule has 0 aliphatic heterocycles. The molecule has 0 bridgehead atoms. The van der Waals surface area contributed by atoms with E-state index in [0.29, 0.717) is 24.8 Å². The van der Waals surface area contributed by atoms with E-state index in [9.17, 15) is 9.90 Å². The standard InChI is InChI=1S/C15H24N2O3/c1-11-9-14(19)15(20)13(10-16(2)7-8-18)17(11)12-5-3-4-6-12/h9,12,18,20H,3-8,10H2,1-2H3. The Kier molecular flexibility index (Phi) is 4.83. The fourth-order valence-electron chi connectivity index (χ4n) is 3.12. The van der Waals surface area contributed by atoms with E-state index in [1.165, 1.54) is 18.9 Å². The number of hydrogen-bond donors (Lipinski definition) is 2. The fourth-order valence-corrected chi connectivity index (χ4v) is 3.12. The zero-order chi connectivity index (χ0) is 14.7. The molecule has 1 fully saturated rings. The smallest absolute Gasteiger partial charge is 0.223 e. The molecular formula is C15H24N2O3. The minimum Gasteiger partial charge on any atom is -0.503 e. The number of aliphatic hydroxyl groups excluding tert-OH is 1. The van der Waals surface area contributed by atoms with Gasteiger partial charge in [0.1, 0.15) is 0 Å². The molecule has 0 aromatic carbocycles. The van der Waals surface area contributed by atoms with E-state index in [-0.39, 0.29) is 17.8 Å². The van der Waals surface area contributed by atoms with Crippen LogP contribution in [0.25, 0.3) is 0 Å². The molecule has 0 radical (unpaired) electrons. The van der Waals surface area contributed by atoms with Crippen LogP contribution in [0.3, 0.4) is 0 Å². The van der Waals surface area contributed by atoms with Gasteiger partial charge in [-0.2, -0.15) is 0 Å².